The molecule has 2 N–H and O–H groups in total. The van der Waals surface area contributed by atoms with Gasteiger partial charge in [0.1, 0.15) is 0 Å². The summed E-state index contributed by atoms with van der Waals surface area (Å²) in [7, 11) is 0. The third kappa shape index (κ3) is 5.14. The summed E-state index contributed by atoms with van der Waals surface area (Å²) in [5.41, 5.74) is 0. The Labute approximate surface area is 42.2 Å². The van der Waals surface area contributed by atoms with Crippen LogP contribution in [0.5, 0.6) is 0 Å². The van der Waals surface area contributed by atoms with E-state index in [0.717, 1.165) is 0 Å². The van der Waals surface area contributed by atoms with E-state index in [0.29, 0.717) is 19.4 Å². The van der Waals surface area contributed by atoms with Crippen LogP contribution >= 0.6 is 0 Å². The zero-order chi connectivity index (χ0) is 5.54. The summed E-state index contributed by atoms with van der Waals surface area (Å²) in [5.74, 6) is 0. The van der Waals surface area contributed by atoms with Crippen molar-refractivity contribution in [1.29, 1.82) is 5.41 Å². The van der Waals surface area contributed by atoms with Crippen LogP contribution in [-0.4, -0.2) is 19.2 Å². The van der Waals surface area contributed by atoms with Crippen molar-refractivity contribution in [2.75, 3.05) is 6.54 Å². The minimum Gasteiger partial charge on any atom is -0.358 e. The van der Waals surface area contributed by atoms with E-state index in [2.05, 4.69) is 5.32 Å². The first-order valence-corrected chi connectivity index (χ1v) is 2.07. The van der Waals surface area contributed by atoms with Crippen molar-refractivity contribution in [2.45, 2.75) is 6.42 Å². The van der Waals surface area contributed by atoms with E-state index in [1.54, 1.807) is 0 Å². The maximum absolute atomic E-state index is 9.49. The number of hydrogen-bond acceptors (Lipinski definition) is 2. The number of rotatable bonds is 4. The van der Waals surface area contributed by atoms with E-state index in [9.17, 15) is 4.79 Å². The van der Waals surface area contributed by atoms with E-state index in [-0.39, 0.29) is 0 Å². The van der Waals surface area contributed by atoms with Crippen LogP contribution in [0, 0.1) is 5.41 Å². The molecule has 0 heterocycles. The van der Waals surface area contributed by atoms with Gasteiger partial charge in [0.25, 0.3) is 0 Å². The van der Waals surface area contributed by atoms with E-state index < -0.39 is 0 Å². The zero-order valence-electron chi connectivity index (χ0n) is 3.98. The van der Waals surface area contributed by atoms with Crippen molar-refractivity contribution >= 4 is 12.6 Å². The predicted octanol–water partition coefficient (Wildman–Crippen LogP) is -0.228. The summed E-state index contributed by atoms with van der Waals surface area (Å²) in [6, 6.07) is 0. The van der Waals surface area contributed by atoms with Crippen molar-refractivity contribution in [3.8, 4) is 0 Å². The van der Waals surface area contributed by atoms with E-state index >= 15 is 0 Å². The molecular formula is C4H8N2O. The second kappa shape index (κ2) is 5.14. The Balaban J connectivity index is 2.68. The first-order valence-electron chi connectivity index (χ1n) is 2.07. The fourth-order valence-electron chi connectivity index (χ4n) is 0.214. The number of carbonyl (C=O) groups excluding carboxylic acids is 1. The first-order chi connectivity index (χ1) is 3.41. The third-order valence-corrected chi connectivity index (χ3v) is 0.516. The molecule has 0 atom stereocenters. The molecule has 0 aliphatic rings. The Morgan fingerprint density at radius 3 is 2.86 bits per heavy atom. The van der Waals surface area contributed by atoms with Crippen LogP contribution in [0.15, 0.2) is 0 Å². The van der Waals surface area contributed by atoms with Gasteiger partial charge in [-0.3, -0.25) is 4.79 Å². The molecule has 0 rings (SSSR count). The molecule has 0 fully saturated rings. The highest BCUT2D eigenvalue weighted by molar-refractivity contribution is 5.54. The Morgan fingerprint density at radius 1 is 1.71 bits per heavy atom. The van der Waals surface area contributed by atoms with Crippen LogP contribution in [0.1, 0.15) is 6.42 Å². The van der Waals surface area contributed by atoms with Crippen molar-refractivity contribution in [1.82, 2.24) is 5.32 Å². The molecule has 0 radical (unpaired) electrons. The maximum Gasteiger partial charge on any atom is 0.207 e. The Hall–Kier alpha value is -0.860. The van der Waals surface area contributed by atoms with Crippen molar-refractivity contribution < 1.29 is 4.79 Å². The number of hydrogen-bond donors (Lipinski definition) is 2. The zero-order valence-corrected chi connectivity index (χ0v) is 3.98. The van der Waals surface area contributed by atoms with Gasteiger partial charge in [0, 0.05) is 6.54 Å². The molecule has 0 aromatic carbocycles. The normalized spacial score (nSPS) is 7.43. The molecule has 0 spiro atoms. The van der Waals surface area contributed by atoms with Gasteiger partial charge in [-0.2, -0.15) is 0 Å². The van der Waals surface area contributed by atoms with Gasteiger partial charge in [0.15, 0.2) is 0 Å². The fourth-order valence-corrected chi connectivity index (χ4v) is 0.214. The molecule has 0 aromatic rings. The molecule has 0 aliphatic heterocycles. The second-order valence-electron chi connectivity index (χ2n) is 1.06. The van der Waals surface area contributed by atoms with E-state index in [1.165, 1.54) is 6.21 Å². The predicted molar refractivity (Wildman–Crippen MR) is 27.5 cm³/mol. The molecule has 0 aliphatic carbocycles. The van der Waals surface area contributed by atoms with Crippen molar-refractivity contribution in [2.24, 2.45) is 0 Å². The van der Waals surface area contributed by atoms with Crippen LogP contribution in [0.3, 0.4) is 0 Å². The topological polar surface area (TPSA) is 53.0 Å². The highest BCUT2D eigenvalue weighted by Crippen LogP contribution is 1.61. The summed E-state index contributed by atoms with van der Waals surface area (Å²) in [4.78, 5) is 9.49. The fraction of sp³-hybridized carbons (Fsp3) is 0.500. The Morgan fingerprint density at radius 2 is 2.43 bits per heavy atom. The van der Waals surface area contributed by atoms with Crippen LogP contribution in [0.4, 0.5) is 0 Å². The quantitative estimate of drug-likeness (QED) is 0.286. The Kier molecular flexibility index (Phi) is 4.51. The lowest BCUT2D eigenvalue weighted by atomic mass is 10.5. The highest BCUT2D eigenvalue weighted by atomic mass is 16.1. The van der Waals surface area contributed by atoms with E-state index in [1.807, 2.05) is 0 Å². The minimum atomic E-state index is 0.576. The van der Waals surface area contributed by atoms with Gasteiger partial charge in [-0.15, -0.1) is 0 Å². The van der Waals surface area contributed by atoms with E-state index in [4.69, 9.17) is 5.41 Å². The van der Waals surface area contributed by atoms with Crippen molar-refractivity contribution in [3.63, 3.8) is 0 Å². The van der Waals surface area contributed by atoms with Gasteiger partial charge in [-0.05, 0) is 12.6 Å². The summed E-state index contributed by atoms with van der Waals surface area (Å²) in [6.07, 6.45) is 2.51. The van der Waals surface area contributed by atoms with Crippen LogP contribution < -0.4 is 5.32 Å². The van der Waals surface area contributed by atoms with Gasteiger partial charge >= 0.3 is 0 Å². The van der Waals surface area contributed by atoms with Gasteiger partial charge in [-0.25, -0.2) is 0 Å². The molecule has 7 heavy (non-hydrogen) atoms. The summed E-state index contributed by atoms with van der Waals surface area (Å²) in [5, 5.41) is 8.92. The lowest BCUT2D eigenvalue weighted by Crippen LogP contribution is -2.11. The molecule has 40 valence electrons. The van der Waals surface area contributed by atoms with Crippen LogP contribution in [0.25, 0.3) is 0 Å². The molecule has 1 amide bonds. The summed E-state index contributed by atoms with van der Waals surface area (Å²) in [6.45, 7) is 0.576. The van der Waals surface area contributed by atoms with Crippen molar-refractivity contribution in [3.05, 3.63) is 0 Å². The largest absolute Gasteiger partial charge is 0.358 e. The summed E-state index contributed by atoms with van der Waals surface area (Å²) >= 11 is 0. The molecule has 0 aromatic heterocycles. The van der Waals surface area contributed by atoms with Gasteiger partial charge < -0.3 is 10.7 Å². The molecule has 0 saturated carbocycles. The third-order valence-electron chi connectivity index (χ3n) is 0.516. The first kappa shape index (κ1) is 6.14. The highest BCUT2D eigenvalue weighted by Gasteiger charge is 1.73. The van der Waals surface area contributed by atoms with Crippen LogP contribution in [0.2, 0.25) is 0 Å². The number of carbonyl (C=O) groups is 1. The SMILES string of the molecule is N=CCCNC=O. The van der Waals surface area contributed by atoms with Gasteiger partial charge in [0.05, 0.1) is 0 Å². The van der Waals surface area contributed by atoms with Crippen LogP contribution in [-0.2, 0) is 4.79 Å². The molecule has 0 bridgehead atoms. The minimum absolute atomic E-state index is 0.576. The number of nitrogens with one attached hydrogen (secondary N) is 2. The average molecular weight is 100 g/mol. The molecule has 0 saturated heterocycles. The molecule has 3 heteroatoms. The monoisotopic (exact) mass is 100 g/mol. The second-order valence-corrected chi connectivity index (χ2v) is 1.06. The summed E-state index contributed by atoms with van der Waals surface area (Å²) < 4.78 is 0. The lowest BCUT2D eigenvalue weighted by molar-refractivity contribution is -0.109. The Bertz CT molecular complexity index is 54.7. The van der Waals surface area contributed by atoms with Gasteiger partial charge in [0.2, 0.25) is 6.41 Å². The smallest absolute Gasteiger partial charge is 0.207 e. The molecule has 3 nitrogen and oxygen atoms in total. The average Bonchev–Trinajstić information content (AvgIpc) is 1.69. The van der Waals surface area contributed by atoms with Gasteiger partial charge in [-0.1, -0.05) is 0 Å². The number of amides is 1. The molecule has 0 unspecified atom stereocenters. The molecular weight excluding hydrogens is 92.1 g/mol. The maximum atomic E-state index is 9.49. The lowest BCUT2D eigenvalue weighted by Gasteiger charge is -1.86. The standard InChI is InChI=1S/C4H8N2O/c5-2-1-3-6-4-7/h2,4-5H,1,3H2,(H,6,7).